The maximum Gasteiger partial charge on any atom is 0.229 e. The van der Waals surface area contributed by atoms with Gasteiger partial charge in [0.05, 0.1) is 5.60 Å². The average Bonchev–Trinajstić information content (AvgIpc) is 2.43. The monoisotopic (exact) mass is 324 g/mol. The zero-order valence-corrected chi connectivity index (χ0v) is 14.5. The molecule has 5 heteroatoms. The third-order valence-corrected chi connectivity index (χ3v) is 4.46. The Morgan fingerprint density at radius 1 is 1.32 bits per heavy atom. The molecule has 0 saturated carbocycles. The molecule has 2 rings (SSSR count). The van der Waals surface area contributed by atoms with Crippen LogP contribution in [0.2, 0.25) is 5.02 Å². The van der Waals surface area contributed by atoms with E-state index in [0.717, 1.165) is 13.1 Å². The maximum atomic E-state index is 12.3. The molecule has 0 radical (unpaired) electrons. The Kier molecular flexibility index (Phi) is 4.85. The lowest BCUT2D eigenvalue weighted by Gasteiger charge is -2.38. The minimum atomic E-state index is -0.947. The van der Waals surface area contributed by atoms with E-state index in [9.17, 15) is 9.90 Å². The van der Waals surface area contributed by atoms with Crippen LogP contribution in [-0.4, -0.2) is 36.1 Å². The zero-order chi connectivity index (χ0) is 16.5. The van der Waals surface area contributed by atoms with E-state index in [-0.39, 0.29) is 5.91 Å². The van der Waals surface area contributed by atoms with E-state index >= 15 is 0 Å². The number of nitrogens with zero attached hydrogens (tertiary/aromatic N) is 1. The van der Waals surface area contributed by atoms with E-state index in [4.69, 9.17) is 11.6 Å². The molecule has 0 aliphatic carbocycles. The second kappa shape index (κ2) is 6.19. The number of hydrogen-bond acceptors (Lipinski definition) is 3. The van der Waals surface area contributed by atoms with Gasteiger partial charge in [0.15, 0.2) is 0 Å². The highest BCUT2D eigenvalue weighted by Gasteiger charge is 2.36. The number of carbonyl (C=O) groups excluding carboxylic acids is 1. The molecule has 1 fully saturated rings. The van der Waals surface area contributed by atoms with Gasteiger partial charge in [-0.05, 0) is 38.1 Å². The summed E-state index contributed by atoms with van der Waals surface area (Å²) in [7, 11) is 2.04. The fourth-order valence-electron chi connectivity index (χ4n) is 2.58. The van der Waals surface area contributed by atoms with E-state index in [1.165, 1.54) is 0 Å². The van der Waals surface area contributed by atoms with Crippen LogP contribution in [0.15, 0.2) is 18.2 Å². The van der Waals surface area contributed by atoms with Crippen molar-refractivity contribution in [2.24, 2.45) is 5.41 Å². The SMILES string of the molecule is CN1CCC(O)(c2cc(Cl)ccc2NC(=O)C(C)(C)C)CC1. The standard InChI is InChI=1S/C17H25ClN2O2/c1-16(2,3)15(21)19-14-6-5-12(18)11-13(14)17(22)7-9-20(4)10-8-17/h5-6,11,22H,7-10H2,1-4H3,(H,19,21). The van der Waals surface area contributed by atoms with Crippen LogP contribution in [0.3, 0.4) is 0 Å². The first-order valence-electron chi connectivity index (χ1n) is 7.64. The number of carbonyl (C=O) groups is 1. The maximum absolute atomic E-state index is 12.3. The highest BCUT2D eigenvalue weighted by Crippen LogP contribution is 2.38. The Morgan fingerprint density at radius 3 is 2.45 bits per heavy atom. The third kappa shape index (κ3) is 3.80. The summed E-state index contributed by atoms with van der Waals surface area (Å²) >= 11 is 6.12. The van der Waals surface area contributed by atoms with Crippen molar-refractivity contribution in [1.82, 2.24) is 4.90 Å². The van der Waals surface area contributed by atoms with Gasteiger partial charge in [0.1, 0.15) is 0 Å². The molecule has 1 aromatic rings. The van der Waals surface area contributed by atoms with Crippen molar-refractivity contribution in [3.63, 3.8) is 0 Å². The van der Waals surface area contributed by atoms with Crippen LogP contribution in [0.1, 0.15) is 39.2 Å². The topological polar surface area (TPSA) is 52.6 Å². The summed E-state index contributed by atoms with van der Waals surface area (Å²) in [5.74, 6) is -0.0763. The second-order valence-electron chi connectivity index (χ2n) is 7.23. The smallest absolute Gasteiger partial charge is 0.229 e. The summed E-state index contributed by atoms with van der Waals surface area (Å²) in [6.07, 6.45) is 1.25. The van der Waals surface area contributed by atoms with Crippen LogP contribution < -0.4 is 5.32 Å². The summed E-state index contributed by atoms with van der Waals surface area (Å²) in [6, 6.07) is 5.28. The fraction of sp³-hybridized carbons (Fsp3) is 0.588. The molecule has 4 nitrogen and oxygen atoms in total. The molecule has 22 heavy (non-hydrogen) atoms. The number of anilines is 1. The normalized spacial score (nSPS) is 19.0. The molecule has 2 N–H and O–H groups in total. The predicted molar refractivity (Wildman–Crippen MR) is 90.2 cm³/mol. The van der Waals surface area contributed by atoms with E-state index in [1.54, 1.807) is 18.2 Å². The highest BCUT2D eigenvalue weighted by atomic mass is 35.5. The van der Waals surface area contributed by atoms with Crippen LogP contribution in [0.5, 0.6) is 0 Å². The lowest BCUT2D eigenvalue weighted by molar-refractivity contribution is -0.123. The lowest BCUT2D eigenvalue weighted by atomic mass is 9.83. The van der Waals surface area contributed by atoms with Gasteiger partial charge in [0, 0.05) is 34.8 Å². The van der Waals surface area contributed by atoms with Gasteiger partial charge >= 0.3 is 0 Å². The van der Waals surface area contributed by atoms with Crippen LogP contribution in [0.4, 0.5) is 5.69 Å². The van der Waals surface area contributed by atoms with Crippen LogP contribution >= 0.6 is 11.6 Å². The van der Waals surface area contributed by atoms with Gasteiger partial charge in [-0.2, -0.15) is 0 Å². The molecule has 0 aromatic heterocycles. The number of piperidine rings is 1. The molecule has 0 bridgehead atoms. The lowest BCUT2D eigenvalue weighted by Crippen LogP contribution is -2.41. The molecular formula is C17H25ClN2O2. The Labute approximate surface area is 137 Å². The number of amides is 1. The zero-order valence-electron chi connectivity index (χ0n) is 13.7. The van der Waals surface area contributed by atoms with Crippen molar-refractivity contribution in [2.45, 2.75) is 39.2 Å². The van der Waals surface area contributed by atoms with Crippen molar-refractivity contribution < 1.29 is 9.90 Å². The number of aliphatic hydroxyl groups is 1. The Balaban J connectivity index is 2.34. The molecule has 1 amide bonds. The molecule has 1 aliphatic heterocycles. The molecule has 0 spiro atoms. The number of benzene rings is 1. The predicted octanol–water partition coefficient (Wildman–Crippen LogP) is 3.24. The van der Waals surface area contributed by atoms with Crippen molar-refractivity contribution in [1.29, 1.82) is 0 Å². The summed E-state index contributed by atoms with van der Waals surface area (Å²) in [6.45, 7) is 7.22. The second-order valence-corrected chi connectivity index (χ2v) is 7.67. The number of hydrogen-bond donors (Lipinski definition) is 2. The van der Waals surface area contributed by atoms with Crippen molar-refractivity contribution >= 4 is 23.2 Å². The largest absolute Gasteiger partial charge is 0.385 e. The van der Waals surface area contributed by atoms with Crippen molar-refractivity contribution in [2.75, 3.05) is 25.5 Å². The van der Waals surface area contributed by atoms with E-state index in [2.05, 4.69) is 10.2 Å². The molecule has 0 atom stereocenters. The number of nitrogens with one attached hydrogen (secondary N) is 1. The van der Waals surface area contributed by atoms with Crippen LogP contribution in [0, 0.1) is 5.41 Å². The minimum Gasteiger partial charge on any atom is -0.385 e. The fourth-order valence-corrected chi connectivity index (χ4v) is 2.75. The Hall–Kier alpha value is -1.10. The number of halogens is 1. The van der Waals surface area contributed by atoms with Gasteiger partial charge in [-0.1, -0.05) is 32.4 Å². The molecular weight excluding hydrogens is 300 g/mol. The molecule has 1 aromatic carbocycles. The van der Waals surface area contributed by atoms with E-state index in [1.807, 2.05) is 27.8 Å². The summed E-state index contributed by atoms with van der Waals surface area (Å²) < 4.78 is 0. The van der Waals surface area contributed by atoms with Gasteiger partial charge in [-0.15, -0.1) is 0 Å². The first kappa shape index (κ1) is 17.3. The minimum absolute atomic E-state index is 0.0763. The van der Waals surface area contributed by atoms with Crippen LogP contribution in [-0.2, 0) is 10.4 Å². The first-order chi connectivity index (χ1) is 10.1. The summed E-state index contributed by atoms with van der Waals surface area (Å²) in [4.78, 5) is 14.5. The molecule has 1 aliphatic rings. The third-order valence-electron chi connectivity index (χ3n) is 4.23. The van der Waals surface area contributed by atoms with Gasteiger partial charge in [-0.25, -0.2) is 0 Å². The van der Waals surface area contributed by atoms with E-state index < -0.39 is 11.0 Å². The van der Waals surface area contributed by atoms with Crippen molar-refractivity contribution in [3.05, 3.63) is 28.8 Å². The molecule has 1 heterocycles. The van der Waals surface area contributed by atoms with Crippen molar-refractivity contribution in [3.8, 4) is 0 Å². The number of rotatable bonds is 2. The van der Waals surface area contributed by atoms with Gasteiger partial charge in [0.25, 0.3) is 0 Å². The Bertz CT molecular complexity index is 558. The first-order valence-corrected chi connectivity index (χ1v) is 8.02. The molecule has 1 saturated heterocycles. The van der Waals surface area contributed by atoms with E-state index in [0.29, 0.717) is 29.1 Å². The summed E-state index contributed by atoms with van der Waals surface area (Å²) in [5, 5.41) is 14.6. The quantitative estimate of drug-likeness (QED) is 0.878. The van der Waals surface area contributed by atoms with Gasteiger partial charge in [-0.3, -0.25) is 4.79 Å². The molecule has 0 unspecified atom stereocenters. The van der Waals surface area contributed by atoms with Gasteiger partial charge < -0.3 is 15.3 Å². The summed E-state index contributed by atoms with van der Waals surface area (Å²) in [5.41, 5.74) is -0.0772. The van der Waals surface area contributed by atoms with Crippen LogP contribution in [0.25, 0.3) is 0 Å². The average molecular weight is 325 g/mol. The van der Waals surface area contributed by atoms with Gasteiger partial charge in [0.2, 0.25) is 5.91 Å². The molecule has 122 valence electrons. The number of likely N-dealkylation sites (tertiary alicyclic amines) is 1. The highest BCUT2D eigenvalue weighted by molar-refractivity contribution is 6.30. The Morgan fingerprint density at radius 2 is 1.91 bits per heavy atom.